The molecule has 4 nitrogen and oxygen atoms in total. The minimum absolute atomic E-state index is 0.242. The van der Waals surface area contributed by atoms with Gasteiger partial charge in [-0.2, -0.15) is 0 Å². The van der Waals surface area contributed by atoms with Crippen molar-refractivity contribution in [2.45, 2.75) is 25.2 Å². The van der Waals surface area contributed by atoms with E-state index in [0.29, 0.717) is 18.0 Å². The molecule has 0 aliphatic carbocycles. The fourth-order valence-electron chi connectivity index (χ4n) is 1.95. The molecule has 84 valence electrons. The van der Waals surface area contributed by atoms with E-state index in [9.17, 15) is 9.59 Å². The molecule has 0 atom stereocenters. The average molecular weight is 239 g/mol. The number of carbonyl (C=O) groups is 2. The Hall–Kier alpha value is -1.42. The smallest absolute Gasteiger partial charge is 0.227 e. The summed E-state index contributed by atoms with van der Waals surface area (Å²) in [5.74, 6) is -0.484. The van der Waals surface area contributed by atoms with E-state index in [-0.39, 0.29) is 11.8 Å². The van der Waals surface area contributed by atoms with Crippen LogP contribution in [0.2, 0.25) is 5.15 Å². The second kappa shape index (κ2) is 3.87. The first-order valence-electron chi connectivity index (χ1n) is 4.94. The summed E-state index contributed by atoms with van der Waals surface area (Å²) in [6.07, 6.45) is 2.21. The topological polar surface area (TPSA) is 59.1 Å². The molecule has 0 radical (unpaired) electrons. The minimum Gasteiger partial charge on any atom is -0.296 e. The fourth-order valence-corrected chi connectivity index (χ4v) is 2.06. The van der Waals surface area contributed by atoms with Crippen LogP contribution in [0.5, 0.6) is 0 Å². The highest BCUT2D eigenvalue weighted by Gasteiger charge is 2.37. The molecule has 1 fully saturated rings. The van der Waals surface area contributed by atoms with Gasteiger partial charge in [0, 0.05) is 24.5 Å². The second-order valence-corrected chi connectivity index (χ2v) is 4.64. The summed E-state index contributed by atoms with van der Waals surface area (Å²) in [4.78, 5) is 26.7. The lowest BCUT2D eigenvalue weighted by atomic mass is 9.75. The van der Waals surface area contributed by atoms with Crippen LogP contribution >= 0.6 is 11.6 Å². The maximum atomic E-state index is 11.4. The molecular formula is C11H11ClN2O2. The zero-order chi connectivity index (χ0) is 11.8. The first-order valence-corrected chi connectivity index (χ1v) is 5.32. The van der Waals surface area contributed by atoms with Crippen LogP contribution in [0, 0.1) is 0 Å². The van der Waals surface area contributed by atoms with Gasteiger partial charge < -0.3 is 0 Å². The number of hydrogen-bond acceptors (Lipinski definition) is 3. The Kier molecular flexibility index (Phi) is 2.68. The van der Waals surface area contributed by atoms with Gasteiger partial charge in [-0.15, -0.1) is 0 Å². The van der Waals surface area contributed by atoms with Crippen molar-refractivity contribution in [2.24, 2.45) is 0 Å². The molecule has 0 saturated carbocycles. The number of halogens is 1. The van der Waals surface area contributed by atoms with E-state index in [4.69, 9.17) is 11.6 Å². The number of pyridine rings is 1. The van der Waals surface area contributed by atoms with Crippen molar-refractivity contribution in [2.75, 3.05) is 0 Å². The zero-order valence-electron chi connectivity index (χ0n) is 8.79. The Morgan fingerprint density at radius 2 is 1.94 bits per heavy atom. The number of hydrogen-bond donors (Lipinski definition) is 1. The van der Waals surface area contributed by atoms with Crippen molar-refractivity contribution in [1.29, 1.82) is 0 Å². The molecule has 5 heteroatoms. The van der Waals surface area contributed by atoms with E-state index in [1.807, 2.05) is 6.92 Å². The summed E-state index contributed by atoms with van der Waals surface area (Å²) in [5, 5.41) is 2.69. The molecule has 1 aromatic rings. The molecule has 1 aliphatic heterocycles. The van der Waals surface area contributed by atoms with Crippen LogP contribution in [-0.2, 0) is 15.0 Å². The first-order chi connectivity index (χ1) is 7.49. The van der Waals surface area contributed by atoms with Crippen LogP contribution in [0.3, 0.4) is 0 Å². The number of piperidine rings is 1. The molecule has 2 rings (SSSR count). The van der Waals surface area contributed by atoms with Crippen molar-refractivity contribution in [1.82, 2.24) is 10.3 Å². The third-order valence-corrected chi connectivity index (χ3v) is 3.03. The Balaban J connectivity index is 2.33. The zero-order valence-corrected chi connectivity index (χ0v) is 9.54. The number of carbonyl (C=O) groups excluding carboxylic acids is 2. The van der Waals surface area contributed by atoms with Gasteiger partial charge in [-0.25, -0.2) is 4.98 Å². The summed E-state index contributed by atoms with van der Waals surface area (Å²) >= 11 is 5.70. The van der Waals surface area contributed by atoms with Gasteiger partial charge in [0.2, 0.25) is 11.8 Å². The predicted octanol–water partition coefficient (Wildman–Crippen LogP) is 1.43. The lowest BCUT2D eigenvalue weighted by molar-refractivity contribution is -0.135. The second-order valence-electron chi connectivity index (χ2n) is 4.26. The van der Waals surface area contributed by atoms with Gasteiger partial charge in [-0.1, -0.05) is 24.6 Å². The lowest BCUT2D eigenvalue weighted by Gasteiger charge is -2.32. The Morgan fingerprint density at radius 1 is 1.31 bits per heavy atom. The van der Waals surface area contributed by atoms with Crippen molar-refractivity contribution >= 4 is 23.4 Å². The van der Waals surface area contributed by atoms with Crippen LogP contribution < -0.4 is 5.32 Å². The molecule has 0 unspecified atom stereocenters. The number of imide groups is 1. The summed E-state index contributed by atoms with van der Waals surface area (Å²) in [6, 6.07) is 3.47. The Morgan fingerprint density at radius 3 is 2.44 bits per heavy atom. The summed E-state index contributed by atoms with van der Waals surface area (Å²) in [6.45, 7) is 1.88. The van der Waals surface area contributed by atoms with Crippen molar-refractivity contribution in [3.63, 3.8) is 0 Å². The Labute approximate surface area is 98.0 Å². The van der Waals surface area contributed by atoms with E-state index in [1.165, 1.54) is 0 Å². The summed E-state index contributed by atoms with van der Waals surface area (Å²) in [7, 11) is 0. The first kappa shape index (κ1) is 11.1. The third kappa shape index (κ3) is 2.07. The molecule has 2 heterocycles. The molecule has 0 spiro atoms. The fraction of sp³-hybridized carbons (Fsp3) is 0.364. The molecule has 1 N–H and O–H groups in total. The lowest BCUT2D eigenvalue weighted by Crippen LogP contribution is -2.45. The van der Waals surface area contributed by atoms with Crippen LogP contribution in [-0.4, -0.2) is 16.8 Å². The number of nitrogens with zero attached hydrogens (tertiary/aromatic N) is 1. The van der Waals surface area contributed by atoms with Crippen molar-refractivity contribution < 1.29 is 9.59 Å². The van der Waals surface area contributed by atoms with E-state index in [0.717, 1.165) is 5.56 Å². The quantitative estimate of drug-likeness (QED) is 0.595. The molecule has 1 saturated heterocycles. The minimum atomic E-state index is -0.475. The molecule has 16 heavy (non-hydrogen) atoms. The number of nitrogens with one attached hydrogen (secondary N) is 1. The van der Waals surface area contributed by atoms with Crippen molar-refractivity contribution in [3.05, 3.63) is 29.0 Å². The largest absolute Gasteiger partial charge is 0.296 e. The monoisotopic (exact) mass is 238 g/mol. The molecule has 0 bridgehead atoms. The van der Waals surface area contributed by atoms with Crippen molar-refractivity contribution in [3.8, 4) is 0 Å². The maximum Gasteiger partial charge on any atom is 0.227 e. The number of rotatable bonds is 1. The standard InChI is InChI=1S/C11H11ClN2O2/c1-11(4-9(15)14-10(16)5-11)7-2-3-8(12)13-6-7/h2-3,6H,4-5H2,1H3,(H,14,15,16). The molecule has 2 amide bonds. The highest BCUT2D eigenvalue weighted by atomic mass is 35.5. The third-order valence-electron chi connectivity index (χ3n) is 2.80. The van der Waals surface area contributed by atoms with E-state index >= 15 is 0 Å². The summed E-state index contributed by atoms with van der Waals surface area (Å²) in [5.41, 5.74) is 0.386. The molecule has 1 aliphatic rings. The molecule has 0 aromatic carbocycles. The van der Waals surface area contributed by atoms with Gasteiger partial charge >= 0.3 is 0 Å². The van der Waals surface area contributed by atoms with Gasteiger partial charge in [0.25, 0.3) is 0 Å². The number of aromatic nitrogens is 1. The molecule has 1 aromatic heterocycles. The Bertz CT molecular complexity index is 426. The van der Waals surface area contributed by atoms with Crippen LogP contribution in [0.15, 0.2) is 18.3 Å². The number of amides is 2. The highest BCUT2D eigenvalue weighted by molar-refractivity contribution is 6.29. The molecular weight excluding hydrogens is 228 g/mol. The average Bonchev–Trinajstić information content (AvgIpc) is 2.16. The van der Waals surface area contributed by atoms with E-state index in [2.05, 4.69) is 10.3 Å². The predicted molar refractivity (Wildman–Crippen MR) is 59.0 cm³/mol. The van der Waals surface area contributed by atoms with Gasteiger partial charge in [0.05, 0.1) is 0 Å². The maximum absolute atomic E-state index is 11.4. The van der Waals surface area contributed by atoms with Gasteiger partial charge in [0.1, 0.15) is 5.15 Å². The van der Waals surface area contributed by atoms with Crippen LogP contribution in [0.1, 0.15) is 25.3 Å². The van der Waals surface area contributed by atoms with Crippen LogP contribution in [0.4, 0.5) is 0 Å². The van der Waals surface area contributed by atoms with Gasteiger partial charge in [-0.3, -0.25) is 14.9 Å². The van der Waals surface area contributed by atoms with Crippen LogP contribution in [0.25, 0.3) is 0 Å². The normalized spacial score (nSPS) is 19.4. The summed E-state index contributed by atoms with van der Waals surface area (Å²) < 4.78 is 0. The van der Waals surface area contributed by atoms with Gasteiger partial charge in [0.15, 0.2) is 0 Å². The SMILES string of the molecule is CC1(c2ccc(Cl)nc2)CC(=O)NC(=O)C1. The van der Waals surface area contributed by atoms with Gasteiger partial charge in [-0.05, 0) is 11.6 Å². The highest BCUT2D eigenvalue weighted by Crippen LogP contribution is 2.33. The van der Waals surface area contributed by atoms with E-state index < -0.39 is 5.41 Å². The van der Waals surface area contributed by atoms with E-state index in [1.54, 1.807) is 18.3 Å².